The van der Waals surface area contributed by atoms with Crippen molar-refractivity contribution in [2.45, 2.75) is 6.42 Å². The summed E-state index contributed by atoms with van der Waals surface area (Å²) in [5, 5.41) is 2.74. The monoisotopic (exact) mass is 451 g/mol. The third kappa shape index (κ3) is 4.75. The van der Waals surface area contributed by atoms with Gasteiger partial charge in [-0.3, -0.25) is 9.59 Å². The molecule has 1 aliphatic rings. The lowest BCUT2D eigenvalue weighted by atomic mass is 10.1. The van der Waals surface area contributed by atoms with E-state index >= 15 is 0 Å². The highest BCUT2D eigenvalue weighted by molar-refractivity contribution is 7.13. The van der Waals surface area contributed by atoms with E-state index < -0.39 is 0 Å². The van der Waals surface area contributed by atoms with Crippen molar-refractivity contribution in [1.82, 2.24) is 14.8 Å². The number of piperazine rings is 1. The predicted octanol–water partition coefficient (Wildman–Crippen LogP) is 3.35. The summed E-state index contributed by atoms with van der Waals surface area (Å²) in [4.78, 5) is 33.6. The van der Waals surface area contributed by atoms with Gasteiger partial charge in [0.2, 0.25) is 5.91 Å². The molecular formula is C24H25N3O4S. The van der Waals surface area contributed by atoms with E-state index in [2.05, 4.69) is 4.98 Å². The Morgan fingerprint density at radius 3 is 2.31 bits per heavy atom. The van der Waals surface area contributed by atoms with Crippen molar-refractivity contribution >= 4 is 23.2 Å². The van der Waals surface area contributed by atoms with E-state index in [1.54, 1.807) is 19.1 Å². The van der Waals surface area contributed by atoms with Crippen molar-refractivity contribution in [2.75, 3.05) is 40.4 Å². The minimum absolute atomic E-state index is 0.0109. The number of hydrogen-bond donors (Lipinski definition) is 0. The smallest absolute Gasteiger partial charge is 0.253 e. The Morgan fingerprint density at radius 2 is 1.62 bits per heavy atom. The fourth-order valence-corrected chi connectivity index (χ4v) is 4.50. The Labute approximate surface area is 191 Å². The van der Waals surface area contributed by atoms with Gasteiger partial charge >= 0.3 is 0 Å². The van der Waals surface area contributed by atoms with Gasteiger partial charge in [0.1, 0.15) is 5.01 Å². The van der Waals surface area contributed by atoms with Crippen LogP contribution in [0.5, 0.6) is 11.5 Å². The Hall–Kier alpha value is -3.39. The SMILES string of the molecule is COc1ccc(-c2nc(CC(=O)N3CCN(C(=O)c4ccccc4)CC3)cs2)cc1OC. The molecule has 0 radical (unpaired) electrons. The van der Waals surface area contributed by atoms with Gasteiger partial charge in [-0.2, -0.15) is 0 Å². The molecule has 7 nitrogen and oxygen atoms in total. The van der Waals surface area contributed by atoms with Gasteiger partial charge in [0.25, 0.3) is 5.91 Å². The van der Waals surface area contributed by atoms with E-state index in [9.17, 15) is 9.59 Å². The van der Waals surface area contributed by atoms with E-state index in [4.69, 9.17) is 9.47 Å². The molecule has 0 spiro atoms. The molecular weight excluding hydrogens is 426 g/mol. The van der Waals surface area contributed by atoms with Crippen molar-refractivity contribution in [3.05, 3.63) is 65.2 Å². The third-order valence-corrected chi connectivity index (χ3v) is 6.40. The zero-order valence-corrected chi connectivity index (χ0v) is 18.9. The maximum Gasteiger partial charge on any atom is 0.253 e. The Kier molecular flexibility index (Phi) is 6.70. The van der Waals surface area contributed by atoms with Crippen LogP contribution in [0.15, 0.2) is 53.9 Å². The lowest BCUT2D eigenvalue weighted by molar-refractivity contribution is -0.132. The summed E-state index contributed by atoms with van der Waals surface area (Å²) < 4.78 is 10.6. The van der Waals surface area contributed by atoms with Crippen LogP contribution < -0.4 is 9.47 Å². The number of thiazole rings is 1. The second-order valence-corrected chi connectivity index (χ2v) is 8.29. The first-order valence-corrected chi connectivity index (χ1v) is 11.3. The first-order chi connectivity index (χ1) is 15.6. The standard InChI is InChI=1S/C24H25N3O4S/c1-30-20-9-8-18(14-21(20)31-2)23-25-19(16-32-23)15-22(28)26-10-12-27(13-11-26)24(29)17-6-4-3-5-7-17/h3-9,14,16H,10-13,15H2,1-2H3. The average molecular weight is 452 g/mol. The highest BCUT2D eigenvalue weighted by atomic mass is 32.1. The Morgan fingerprint density at radius 1 is 0.938 bits per heavy atom. The van der Waals surface area contributed by atoms with Gasteiger partial charge in [-0.25, -0.2) is 4.98 Å². The Balaban J connectivity index is 1.34. The number of benzene rings is 2. The summed E-state index contributed by atoms with van der Waals surface area (Å²) in [6.07, 6.45) is 0.246. The van der Waals surface area contributed by atoms with Crippen LogP contribution in [0.3, 0.4) is 0 Å². The molecule has 0 N–H and O–H groups in total. The molecule has 2 heterocycles. The number of aromatic nitrogens is 1. The van der Waals surface area contributed by atoms with Crippen LogP contribution in [0.4, 0.5) is 0 Å². The molecule has 32 heavy (non-hydrogen) atoms. The van der Waals surface area contributed by atoms with Gasteiger partial charge in [0.05, 0.1) is 26.3 Å². The maximum atomic E-state index is 12.8. The number of amides is 2. The molecule has 2 amide bonds. The van der Waals surface area contributed by atoms with Crippen LogP contribution in [0.2, 0.25) is 0 Å². The molecule has 1 aromatic heterocycles. The highest BCUT2D eigenvalue weighted by Gasteiger charge is 2.25. The average Bonchev–Trinajstić information content (AvgIpc) is 3.32. The molecule has 0 saturated carbocycles. The van der Waals surface area contributed by atoms with Gasteiger partial charge in [-0.05, 0) is 30.3 Å². The van der Waals surface area contributed by atoms with Crippen LogP contribution >= 0.6 is 11.3 Å². The van der Waals surface area contributed by atoms with Crippen molar-refractivity contribution in [1.29, 1.82) is 0 Å². The summed E-state index contributed by atoms with van der Waals surface area (Å²) in [5.41, 5.74) is 2.34. The minimum Gasteiger partial charge on any atom is -0.493 e. The molecule has 1 fully saturated rings. The summed E-state index contributed by atoms with van der Waals surface area (Å²) in [6, 6.07) is 14.9. The summed E-state index contributed by atoms with van der Waals surface area (Å²) in [5.74, 6) is 1.34. The largest absolute Gasteiger partial charge is 0.493 e. The quantitative estimate of drug-likeness (QED) is 0.575. The molecule has 0 aliphatic carbocycles. The molecule has 3 aromatic rings. The van der Waals surface area contributed by atoms with E-state index in [1.807, 2.05) is 58.8 Å². The number of carbonyl (C=O) groups is 2. The van der Waals surface area contributed by atoms with Crippen molar-refractivity contribution in [2.24, 2.45) is 0 Å². The van der Waals surface area contributed by atoms with Crippen molar-refractivity contribution in [3.8, 4) is 22.1 Å². The first kappa shape index (κ1) is 21.8. The molecule has 8 heteroatoms. The van der Waals surface area contributed by atoms with Gasteiger partial charge in [-0.1, -0.05) is 18.2 Å². The third-order valence-electron chi connectivity index (χ3n) is 5.45. The molecule has 1 aliphatic heterocycles. The first-order valence-electron chi connectivity index (χ1n) is 10.4. The molecule has 4 rings (SSSR count). The fourth-order valence-electron chi connectivity index (χ4n) is 3.68. The number of rotatable bonds is 6. The number of methoxy groups -OCH3 is 2. The number of hydrogen-bond acceptors (Lipinski definition) is 6. The summed E-state index contributed by atoms with van der Waals surface area (Å²) in [7, 11) is 3.20. The summed E-state index contributed by atoms with van der Waals surface area (Å²) >= 11 is 1.49. The lowest BCUT2D eigenvalue weighted by Crippen LogP contribution is -2.51. The van der Waals surface area contributed by atoms with Gasteiger partial charge < -0.3 is 19.3 Å². The molecule has 0 atom stereocenters. The molecule has 166 valence electrons. The molecule has 0 unspecified atom stereocenters. The fraction of sp³-hybridized carbons (Fsp3) is 0.292. The van der Waals surface area contributed by atoms with Crippen molar-refractivity contribution in [3.63, 3.8) is 0 Å². The maximum absolute atomic E-state index is 12.8. The van der Waals surface area contributed by atoms with Crippen molar-refractivity contribution < 1.29 is 19.1 Å². The molecule has 2 aromatic carbocycles. The summed E-state index contributed by atoms with van der Waals surface area (Å²) in [6.45, 7) is 2.13. The molecule has 0 bridgehead atoms. The van der Waals surface area contributed by atoms with Crippen LogP contribution in [-0.2, 0) is 11.2 Å². The van der Waals surface area contributed by atoms with Gasteiger partial charge in [-0.15, -0.1) is 11.3 Å². The predicted molar refractivity (Wildman–Crippen MR) is 123 cm³/mol. The van der Waals surface area contributed by atoms with E-state index in [1.165, 1.54) is 11.3 Å². The lowest BCUT2D eigenvalue weighted by Gasteiger charge is -2.34. The number of ether oxygens (including phenoxy) is 2. The zero-order chi connectivity index (χ0) is 22.5. The second-order valence-electron chi connectivity index (χ2n) is 7.43. The van der Waals surface area contributed by atoms with Gasteiger partial charge in [0.15, 0.2) is 11.5 Å². The second kappa shape index (κ2) is 9.82. The van der Waals surface area contributed by atoms with Gasteiger partial charge in [0, 0.05) is 42.7 Å². The Bertz CT molecular complexity index is 1090. The highest BCUT2D eigenvalue weighted by Crippen LogP contribution is 2.33. The van der Waals surface area contributed by atoms with Crippen LogP contribution in [-0.4, -0.2) is 67.0 Å². The normalized spacial score (nSPS) is 13.7. The van der Waals surface area contributed by atoms with Crippen LogP contribution in [0.1, 0.15) is 16.1 Å². The minimum atomic E-state index is 0.0109. The van der Waals surface area contributed by atoms with E-state index in [0.717, 1.165) is 16.3 Å². The van der Waals surface area contributed by atoms with Crippen LogP contribution in [0, 0.1) is 0 Å². The number of nitrogens with zero attached hydrogens (tertiary/aromatic N) is 3. The topological polar surface area (TPSA) is 72.0 Å². The number of carbonyl (C=O) groups excluding carboxylic acids is 2. The molecule has 1 saturated heterocycles. The van der Waals surface area contributed by atoms with E-state index in [0.29, 0.717) is 43.2 Å². The van der Waals surface area contributed by atoms with E-state index in [-0.39, 0.29) is 18.2 Å². The van der Waals surface area contributed by atoms with Crippen LogP contribution in [0.25, 0.3) is 10.6 Å². The zero-order valence-electron chi connectivity index (χ0n) is 18.1.